The summed E-state index contributed by atoms with van der Waals surface area (Å²) < 4.78 is 11.9. The number of imide groups is 1. The first-order chi connectivity index (χ1) is 15.3. The van der Waals surface area contributed by atoms with Crippen molar-refractivity contribution in [2.24, 2.45) is 0 Å². The summed E-state index contributed by atoms with van der Waals surface area (Å²) in [5, 5.41) is 6.74. The Morgan fingerprint density at radius 2 is 1.91 bits per heavy atom. The zero-order valence-electron chi connectivity index (χ0n) is 17.4. The van der Waals surface area contributed by atoms with Gasteiger partial charge in [-0.15, -0.1) is 0 Å². The number of anilines is 1. The molecule has 3 heterocycles. The fourth-order valence-corrected chi connectivity index (χ4v) is 3.34. The largest absolute Gasteiger partial charge is 0.467 e. The molecule has 0 atom stereocenters. The predicted molar refractivity (Wildman–Crippen MR) is 111 cm³/mol. The summed E-state index contributed by atoms with van der Waals surface area (Å²) in [6, 6.07) is 9.08. The summed E-state index contributed by atoms with van der Waals surface area (Å²) in [7, 11) is 0. The normalized spacial score (nSPS) is 12.9. The molecule has 0 fully saturated rings. The molecule has 0 saturated heterocycles. The van der Waals surface area contributed by atoms with Gasteiger partial charge in [0.1, 0.15) is 11.6 Å². The lowest BCUT2D eigenvalue weighted by atomic mass is 10.1. The van der Waals surface area contributed by atoms with E-state index in [-0.39, 0.29) is 29.3 Å². The molecule has 1 aliphatic rings. The Hall–Kier alpha value is -4.21. The Kier molecular flexibility index (Phi) is 5.59. The van der Waals surface area contributed by atoms with Crippen molar-refractivity contribution in [2.75, 3.05) is 11.9 Å². The van der Waals surface area contributed by atoms with Crippen LogP contribution in [0.25, 0.3) is 0 Å². The Labute approximate surface area is 182 Å². The van der Waals surface area contributed by atoms with Gasteiger partial charge in [-0.1, -0.05) is 0 Å². The Morgan fingerprint density at radius 3 is 2.62 bits per heavy atom. The number of carbonyl (C=O) groups is 4. The number of amides is 3. The molecular weight excluding hydrogens is 416 g/mol. The van der Waals surface area contributed by atoms with E-state index in [2.05, 4.69) is 10.4 Å². The van der Waals surface area contributed by atoms with Crippen molar-refractivity contribution < 1.29 is 28.3 Å². The van der Waals surface area contributed by atoms with Crippen LogP contribution in [0.1, 0.15) is 56.7 Å². The van der Waals surface area contributed by atoms with Crippen molar-refractivity contribution in [3.05, 3.63) is 71.3 Å². The molecule has 32 heavy (non-hydrogen) atoms. The van der Waals surface area contributed by atoms with E-state index in [4.69, 9.17) is 9.15 Å². The minimum absolute atomic E-state index is 0.00768. The van der Waals surface area contributed by atoms with Gasteiger partial charge < -0.3 is 14.5 Å². The average molecular weight is 436 g/mol. The number of fused-ring (bicyclic) bond motifs is 1. The lowest BCUT2D eigenvalue weighted by Crippen LogP contribution is -2.28. The first-order valence-electron chi connectivity index (χ1n) is 9.88. The van der Waals surface area contributed by atoms with Crippen LogP contribution in [-0.4, -0.2) is 45.0 Å². The molecule has 0 bridgehead atoms. The molecule has 3 aromatic rings. The molecule has 0 aliphatic carbocycles. The van der Waals surface area contributed by atoms with Crippen molar-refractivity contribution in [3.63, 3.8) is 0 Å². The second-order valence-corrected chi connectivity index (χ2v) is 7.42. The molecule has 1 N–H and O–H groups in total. The summed E-state index contributed by atoms with van der Waals surface area (Å²) >= 11 is 0. The molecule has 1 aliphatic heterocycles. The predicted octanol–water partition coefficient (Wildman–Crippen LogP) is 2.65. The monoisotopic (exact) mass is 436 g/mol. The maximum Gasteiger partial charge on any atom is 0.338 e. The summed E-state index contributed by atoms with van der Waals surface area (Å²) in [4.78, 5) is 50.8. The molecule has 10 heteroatoms. The molecule has 2 aromatic heterocycles. The van der Waals surface area contributed by atoms with Crippen LogP contribution >= 0.6 is 0 Å². The van der Waals surface area contributed by atoms with Crippen molar-refractivity contribution >= 4 is 29.5 Å². The van der Waals surface area contributed by atoms with Gasteiger partial charge in [-0.3, -0.25) is 19.3 Å². The number of furan rings is 1. The number of aromatic nitrogens is 2. The lowest BCUT2D eigenvalue weighted by Gasteiger charge is -2.12. The molecule has 0 saturated carbocycles. The van der Waals surface area contributed by atoms with E-state index in [9.17, 15) is 19.2 Å². The van der Waals surface area contributed by atoms with E-state index < -0.39 is 30.3 Å². The van der Waals surface area contributed by atoms with Crippen molar-refractivity contribution in [1.29, 1.82) is 0 Å². The van der Waals surface area contributed by atoms with E-state index in [1.807, 2.05) is 13.8 Å². The number of nitrogens with one attached hydrogen (secondary N) is 1. The number of hydrogen-bond donors (Lipinski definition) is 1. The van der Waals surface area contributed by atoms with Crippen molar-refractivity contribution in [2.45, 2.75) is 26.4 Å². The fourth-order valence-electron chi connectivity index (χ4n) is 3.34. The van der Waals surface area contributed by atoms with E-state index >= 15 is 0 Å². The number of benzene rings is 1. The van der Waals surface area contributed by atoms with E-state index in [0.717, 1.165) is 4.90 Å². The Bertz CT molecular complexity index is 1190. The quantitative estimate of drug-likeness (QED) is 0.446. The van der Waals surface area contributed by atoms with E-state index in [1.165, 1.54) is 24.5 Å². The summed E-state index contributed by atoms with van der Waals surface area (Å²) in [5.74, 6) is -1.37. The van der Waals surface area contributed by atoms with Crippen LogP contribution in [0, 0.1) is 0 Å². The highest BCUT2D eigenvalue weighted by Crippen LogP contribution is 2.26. The van der Waals surface area contributed by atoms with Gasteiger partial charge in [0.25, 0.3) is 17.7 Å². The number of esters is 1. The van der Waals surface area contributed by atoms with Crippen molar-refractivity contribution in [1.82, 2.24) is 14.7 Å². The van der Waals surface area contributed by atoms with Crippen LogP contribution in [-0.2, 0) is 16.1 Å². The molecule has 0 spiro atoms. The lowest BCUT2D eigenvalue weighted by molar-refractivity contribution is -0.119. The van der Waals surface area contributed by atoms with Crippen LogP contribution in [0.5, 0.6) is 0 Å². The number of hydrogen-bond acceptors (Lipinski definition) is 7. The molecule has 0 unspecified atom stereocenters. The first-order valence-corrected chi connectivity index (χ1v) is 9.88. The SMILES string of the molecule is CC(C)n1nccc1NC(=O)COC(=O)c1ccc2c(c1)C(=O)N(Cc1ccco1)C2=O. The molecular formula is C22H20N4O6. The van der Waals surface area contributed by atoms with Crippen LogP contribution in [0.4, 0.5) is 5.82 Å². The third-order valence-corrected chi connectivity index (χ3v) is 4.86. The maximum absolute atomic E-state index is 12.7. The molecule has 4 rings (SSSR count). The second-order valence-electron chi connectivity index (χ2n) is 7.42. The van der Waals surface area contributed by atoms with Gasteiger partial charge in [0.05, 0.1) is 35.7 Å². The zero-order valence-corrected chi connectivity index (χ0v) is 17.4. The third kappa shape index (κ3) is 4.02. The number of nitrogens with zero attached hydrogens (tertiary/aromatic N) is 3. The summed E-state index contributed by atoms with van der Waals surface area (Å²) in [6.45, 7) is 3.31. The first kappa shape index (κ1) is 21.0. The van der Waals surface area contributed by atoms with Crippen molar-refractivity contribution in [3.8, 4) is 0 Å². The van der Waals surface area contributed by atoms with Gasteiger partial charge in [-0.05, 0) is 44.2 Å². The van der Waals surface area contributed by atoms with E-state index in [0.29, 0.717) is 11.6 Å². The Balaban J connectivity index is 1.40. The fraction of sp³-hybridized carbons (Fsp3) is 0.227. The van der Waals surface area contributed by atoms with Gasteiger partial charge in [0.2, 0.25) is 0 Å². The zero-order chi connectivity index (χ0) is 22.8. The van der Waals surface area contributed by atoms with Gasteiger partial charge in [0, 0.05) is 12.1 Å². The minimum atomic E-state index is -0.787. The van der Waals surface area contributed by atoms with Gasteiger partial charge in [-0.2, -0.15) is 5.10 Å². The maximum atomic E-state index is 12.7. The third-order valence-electron chi connectivity index (χ3n) is 4.86. The van der Waals surface area contributed by atoms with Crippen LogP contribution in [0.3, 0.4) is 0 Å². The molecule has 1 aromatic carbocycles. The number of ether oxygens (including phenoxy) is 1. The highest BCUT2D eigenvalue weighted by Gasteiger charge is 2.36. The van der Waals surface area contributed by atoms with Crippen LogP contribution in [0.2, 0.25) is 0 Å². The van der Waals surface area contributed by atoms with Crippen LogP contribution < -0.4 is 5.32 Å². The molecule has 164 valence electrons. The van der Waals surface area contributed by atoms with E-state index in [1.54, 1.807) is 29.1 Å². The smallest absolute Gasteiger partial charge is 0.338 e. The highest BCUT2D eigenvalue weighted by molar-refractivity contribution is 6.21. The van der Waals surface area contributed by atoms with Gasteiger partial charge in [-0.25, -0.2) is 9.48 Å². The summed E-state index contributed by atoms with van der Waals surface area (Å²) in [6.07, 6.45) is 3.01. The highest BCUT2D eigenvalue weighted by atomic mass is 16.5. The topological polar surface area (TPSA) is 124 Å². The summed E-state index contributed by atoms with van der Waals surface area (Å²) in [5.41, 5.74) is 0.351. The average Bonchev–Trinajstić information content (AvgIpc) is 3.50. The Morgan fingerprint density at radius 1 is 1.12 bits per heavy atom. The second kappa shape index (κ2) is 8.50. The van der Waals surface area contributed by atoms with Gasteiger partial charge in [0.15, 0.2) is 6.61 Å². The standard InChI is InChI=1S/C22H20N4O6/c1-13(2)26-18(7-8-23-26)24-19(27)12-32-22(30)14-5-6-16-17(10-14)21(29)25(20(16)28)11-15-4-3-9-31-15/h3-10,13H,11-12H2,1-2H3,(H,24,27). The molecule has 0 radical (unpaired) electrons. The number of rotatable bonds is 7. The minimum Gasteiger partial charge on any atom is -0.467 e. The number of carbonyl (C=O) groups excluding carboxylic acids is 4. The molecule has 3 amide bonds. The van der Waals surface area contributed by atoms with Crippen LogP contribution in [0.15, 0.2) is 53.3 Å². The molecule has 10 nitrogen and oxygen atoms in total. The van der Waals surface area contributed by atoms with Gasteiger partial charge >= 0.3 is 5.97 Å².